The number of sulfonamides is 1. The predicted octanol–water partition coefficient (Wildman–Crippen LogP) is 6.32. The number of fused-ring (bicyclic) bond motifs is 1. The highest BCUT2D eigenvalue weighted by molar-refractivity contribution is 7.89. The number of nitrogens with zero attached hydrogens (tertiary/aromatic N) is 2. The van der Waals surface area contributed by atoms with E-state index >= 15 is 0 Å². The van der Waals surface area contributed by atoms with Crippen molar-refractivity contribution in [2.24, 2.45) is 0 Å². The van der Waals surface area contributed by atoms with Gasteiger partial charge in [0.25, 0.3) is 0 Å². The fourth-order valence-electron chi connectivity index (χ4n) is 4.70. The highest BCUT2D eigenvalue weighted by Gasteiger charge is 2.33. The number of carbonyl (C=O) groups is 2. The van der Waals surface area contributed by atoms with Crippen LogP contribution in [0.2, 0.25) is 10.0 Å². The van der Waals surface area contributed by atoms with Crippen LogP contribution in [0.5, 0.6) is 0 Å². The third-order valence-corrected chi connectivity index (χ3v) is 9.93. The lowest BCUT2D eigenvalue weighted by molar-refractivity contribution is -0.141. The van der Waals surface area contributed by atoms with Crippen molar-refractivity contribution >= 4 is 55.8 Å². The molecular weight excluding hydrogens is 605 g/mol. The molecule has 0 aliphatic heterocycles. The number of likely N-dealkylation sites (N-methyl/N-ethyl adjacent to an activating group) is 1. The van der Waals surface area contributed by atoms with Crippen molar-refractivity contribution < 1.29 is 18.0 Å². The summed E-state index contributed by atoms with van der Waals surface area (Å²) in [6, 6.07) is 25.7. The molecule has 4 rings (SSSR count). The maximum atomic E-state index is 14.1. The molecule has 2 amide bonds. The van der Waals surface area contributed by atoms with Gasteiger partial charge in [0, 0.05) is 26.1 Å². The summed E-state index contributed by atoms with van der Waals surface area (Å²) < 4.78 is 28.2. The van der Waals surface area contributed by atoms with E-state index in [4.69, 9.17) is 23.2 Å². The summed E-state index contributed by atoms with van der Waals surface area (Å²) in [5.74, 6) is -0.857. The van der Waals surface area contributed by atoms with Gasteiger partial charge in [-0.15, -0.1) is 0 Å². The van der Waals surface area contributed by atoms with Crippen LogP contribution in [0.4, 0.5) is 0 Å². The van der Waals surface area contributed by atoms with Gasteiger partial charge in [-0.05, 0) is 59.5 Å². The number of nitrogens with one attached hydrogen (secondary N) is 1. The van der Waals surface area contributed by atoms with E-state index in [9.17, 15) is 18.0 Å². The molecule has 0 spiro atoms. The number of carbonyl (C=O) groups excluding carboxylic acids is 2. The van der Waals surface area contributed by atoms with E-state index in [1.807, 2.05) is 68.4 Å². The Labute approximate surface area is 263 Å². The normalized spacial score (nSPS) is 13.1. The summed E-state index contributed by atoms with van der Waals surface area (Å²) in [5, 5.41) is 5.36. The first kappa shape index (κ1) is 32.5. The zero-order chi connectivity index (χ0) is 31.1. The van der Waals surface area contributed by atoms with Gasteiger partial charge in [0.05, 0.1) is 21.5 Å². The number of halogens is 2. The van der Waals surface area contributed by atoms with Gasteiger partial charge in [-0.1, -0.05) is 96.9 Å². The average Bonchev–Trinajstić information content (AvgIpc) is 3.00. The van der Waals surface area contributed by atoms with Crippen LogP contribution in [-0.4, -0.2) is 55.1 Å². The third kappa shape index (κ3) is 8.15. The van der Waals surface area contributed by atoms with E-state index in [0.29, 0.717) is 22.0 Å². The molecule has 0 unspecified atom stereocenters. The zero-order valence-electron chi connectivity index (χ0n) is 24.3. The Balaban J connectivity index is 1.69. The molecule has 4 aromatic carbocycles. The number of benzene rings is 4. The number of amides is 2. The van der Waals surface area contributed by atoms with Gasteiger partial charge in [0.2, 0.25) is 21.8 Å². The van der Waals surface area contributed by atoms with Crippen molar-refractivity contribution in [3.63, 3.8) is 0 Å². The van der Waals surface area contributed by atoms with Gasteiger partial charge in [-0.25, -0.2) is 8.42 Å². The Hall–Kier alpha value is -3.43. The van der Waals surface area contributed by atoms with Crippen LogP contribution in [-0.2, 0) is 32.6 Å². The molecule has 2 atom stereocenters. The van der Waals surface area contributed by atoms with Crippen LogP contribution in [0.15, 0.2) is 95.9 Å². The lowest BCUT2D eigenvalue weighted by Gasteiger charge is -2.33. The Morgan fingerprint density at radius 3 is 2.19 bits per heavy atom. The zero-order valence-corrected chi connectivity index (χ0v) is 26.7. The van der Waals surface area contributed by atoms with E-state index in [1.165, 1.54) is 18.0 Å². The van der Waals surface area contributed by atoms with Gasteiger partial charge >= 0.3 is 0 Å². The second kappa shape index (κ2) is 14.4. The van der Waals surface area contributed by atoms with Crippen LogP contribution in [0.1, 0.15) is 31.4 Å². The first-order valence-electron chi connectivity index (χ1n) is 14.0. The number of hydrogen-bond acceptors (Lipinski definition) is 4. The lowest BCUT2D eigenvalue weighted by Crippen LogP contribution is -2.54. The molecule has 0 aliphatic rings. The lowest BCUT2D eigenvalue weighted by atomic mass is 10.0. The fraction of sp³-hybridized carbons (Fsp3) is 0.273. The molecule has 0 bridgehead atoms. The summed E-state index contributed by atoms with van der Waals surface area (Å²) in [6.45, 7) is 3.40. The van der Waals surface area contributed by atoms with Crippen molar-refractivity contribution in [2.75, 3.05) is 13.6 Å². The van der Waals surface area contributed by atoms with Gasteiger partial charge in [-0.3, -0.25) is 9.59 Å². The molecule has 0 aromatic heterocycles. The molecule has 0 saturated heterocycles. The Morgan fingerprint density at radius 1 is 0.837 bits per heavy atom. The molecule has 1 N–H and O–H groups in total. The van der Waals surface area contributed by atoms with Crippen LogP contribution >= 0.6 is 23.2 Å². The minimum atomic E-state index is -4.03. The average molecular weight is 641 g/mol. The Morgan fingerprint density at radius 2 is 1.51 bits per heavy atom. The van der Waals surface area contributed by atoms with Crippen molar-refractivity contribution in [3.05, 3.63) is 112 Å². The van der Waals surface area contributed by atoms with Crippen molar-refractivity contribution in [1.82, 2.24) is 14.5 Å². The van der Waals surface area contributed by atoms with Crippen LogP contribution in [0, 0.1) is 0 Å². The van der Waals surface area contributed by atoms with Crippen LogP contribution in [0.3, 0.4) is 0 Å². The quantitative estimate of drug-likeness (QED) is 0.196. The van der Waals surface area contributed by atoms with Gasteiger partial charge in [0.15, 0.2) is 0 Å². The molecule has 0 radical (unpaired) electrons. The Bertz CT molecular complexity index is 1700. The first-order valence-corrected chi connectivity index (χ1v) is 16.2. The SMILES string of the molecule is CC[C@@H](C)NC(=O)[C@@H](Cc1ccccc1)N(Cc1ccc(Cl)c(Cl)c1)C(=O)CN(C)S(=O)(=O)c1ccc2ccccc2c1. The summed E-state index contributed by atoms with van der Waals surface area (Å²) >= 11 is 12.4. The van der Waals surface area contributed by atoms with Crippen LogP contribution < -0.4 is 5.32 Å². The smallest absolute Gasteiger partial charge is 0.243 e. The monoisotopic (exact) mass is 639 g/mol. The van der Waals surface area contributed by atoms with E-state index in [1.54, 1.807) is 30.3 Å². The van der Waals surface area contributed by atoms with E-state index in [0.717, 1.165) is 20.6 Å². The third-order valence-electron chi connectivity index (χ3n) is 7.40. The predicted molar refractivity (Wildman–Crippen MR) is 173 cm³/mol. The van der Waals surface area contributed by atoms with Crippen LogP contribution in [0.25, 0.3) is 10.8 Å². The molecule has 7 nitrogen and oxygen atoms in total. The molecule has 0 saturated carbocycles. The van der Waals surface area contributed by atoms with Crippen molar-refractivity contribution in [2.45, 2.75) is 50.2 Å². The molecule has 4 aromatic rings. The summed E-state index contributed by atoms with van der Waals surface area (Å²) in [5.41, 5.74) is 1.51. The standard InChI is InChI=1S/C33H35Cl2N3O4S/c1-4-23(2)36-33(40)31(19-24-10-6-5-7-11-24)38(21-25-14-17-29(34)30(35)18-25)32(39)22-37(3)43(41,42)28-16-15-26-12-8-9-13-27(26)20-28/h5-18,20,23,31H,4,19,21-22H2,1-3H3,(H,36,40)/t23-,31-/m1/s1. The van der Waals surface area contributed by atoms with Gasteiger partial charge < -0.3 is 10.2 Å². The van der Waals surface area contributed by atoms with Crippen molar-refractivity contribution in [1.29, 1.82) is 0 Å². The van der Waals surface area contributed by atoms with Gasteiger partial charge in [-0.2, -0.15) is 4.31 Å². The van der Waals surface area contributed by atoms with E-state index < -0.39 is 28.5 Å². The molecule has 0 heterocycles. The van der Waals surface area contributed by atoms with Crippen molar-refractivity contribution in [3.8, 4) is 0 Å². The number of hydrogen-bond donors (Lipinski definition) is 1. The van der Waals surface area contributed by atoms with E-state index in [-0.39, 0.29) is 29.8 Å². The number of rotatable bonds is 12. The minimum absolute atomic E-state index is 0.0189. The molecular formula is C33H35Cl2N3O4S. The first-order chi connectivity index (χ1) is 20.5. The second-order valence-electron chi connectivity index (χ2n) is 10.6. The summed E-state index contributed by atoms with van der Waals surface area (Å²) in [6.07, 6.45) is 0.939. The topological polar surface area (TPSA) is 86.8 Å². The summed E-state index contributed by atoms with van der Waals surface area (Å²) in [4.78, 5) is 29.3. The molecule has 226 valence electrons. The Kier molecular flexibility index (Phi) is 10.8. The van der Waals surface area contributed by atoms with E-state index in [2.05, 4.69) is 5.32 Å². The maximum Gasteiger partial charge on any atom is 0.243 e. The molecule has 0 fully saturated rings. The second-order valence-corrected chi connectivity index (χ2v) is 13.4. The largest absolute Gasteiger partial charge is 0.352 e. The molecule has 10 heteroatoms. The summed E-state index contributed by atoms with van der Waals surface area (Å²) in [7, 11) is -2.66. The highest BCUT2D eigenvalue weighted by Crippen LogP contribution is 2.25. The fourth-order valence-corrected chi connectivity index (χ4v) is 6.18. The van der Waals surface area contributed by atoms with Gasteiger partial charge in [0.1, 0.15) is 6.04 Å². The minimum Gasteiger partial charge on any atom is -0.352 e. The molecule has 0 aliphatic carbocycles. The maximum absolute atomic E-state index is 14.1. The highest BCUT2D eigenvalue weighted by atomic mass is 35.5. The molecule has 43 heavy (non-hydrogen) atoms.